The molecule has 1 amide bonds. The van der Waals surface area contributed by atoms with Gasteiger partial charge in [-0.1, -0.05) is 24.3 Å². The molecule has 0 aliphatic carbocycles. The molecule has 4 nitrogen and oxygen atoms in total. The first-order valence-electron chi connectivity index (χ1n) is 9.31. The summed E-state index contributed by atoms with van der Waals surface area (Å²) in [6, 6.07) is 8.54. The van der Waals surface area contributed by atoms with Gasteiger partial charge in [-0.2, -0.15) is 0 Å². The largest absolute Gasteiger partial charge is 0.342 e. The van der Waals surface area contributed by atoms with Gasteiger partial charge in [0.25, 0.3) is 0 Å². The Morgan fingerprint density at radius 2 is 1.85 bits per heavy atom. The summed E-state index contributed by atoms with van der Waals surface area (Å²) in [6.07, 6.45) is 4.09. The molecule has 1 aliphatic rings. The molecule has 3 aromatic rings. The first kappa shape index (κ1) is 18.4. The molecule has 4 rings (SSSR count). The fourth-order valence-corrected chi connectivity index (χ4v) is 5.62. The molecular weight excluding hydrogens is 374 g/mol. The van der Waals surface area contributed by atoms with Gasteiger partial charge in [0.1, 0.15) is 16.2 Å². The van der Waals surface area contributed by atoms with Crippen LogP contribution >= 0.6 is 23.1 Å². The summed E-state index contributed by atoms with van der Waals surface area (Å²) >= 11 is 3.38. The quantitative estimate of drug-likeness (QED) is 0.483. The Morgan fingerprint density at radius 3 is 2.56 bits per heavy atom. The van der Waals surface area contributed by atoms with E-state index in [2.05, 4.69) is 48.1 Å². The van der Waals surface area contributed by atoms with Crippen LogP contribution in [0.25, 0.3) is 10.2 Å². The molecule has 0 N–H and O–H groups in total. The van der Waals surface area contributed by atoms with Crippen LogP contribution < -0.4 is 0 Å². The molecular formula is C21H23N3OS2. The minimum absolute atomic E-state index is 0.249. The number of thioether (sulfide) groups is 1. The van der Waals surface area contributed by atoms with Crippen molar-refractivity contribution < 1.29 is 4.79 Å². The molecule has 0 saturated carbocycles. The standard InChI is InChI=1S/C21H23N3OS2/c1-14-15(2)27-21-19(14)20(22-13-23-21)26-12-9-18(25)24-10-7-16-5-3-4-6-17(16)8-11-24/h3-6,13H,7-12H2,1-2H3. The molecule has 6 heteroatoms. The molecule has 1 aliphatic heterocycles. The average Bonchev–Trinajstić information content (AvgIpc) is 2.84. The number of nitrogens with zero attached hydrogens (tertiary/aromatic N) is 3. The zero-order chi connectivity index (χ0) is 18.8. The molecule has 3 heterocycles. The average molecular weight is 398 g/mol. The minimum atomic E-state index is 0.249. The van der Waals surface area contributed by atoms with E-state index in [4.69, 9.17) is 0 Å². The number of thiophene rings is 1. The van der Waals surface area contributed by atoms with E-state index in [-0.39, 0.29) is 5.91 Å². The number of aromatic nitrogens is 2. The van der Waals surface area contributed by atoms with Crippen molar-refractivity contribution in [1.82, 2.24) is 14.9 Å². The normalized spacial score (nSPS) is 14.2. The summed E-state index contributed by atoms with van der Waals surface area (Å²) in [5, 5.41) is 2.15. The summed E-state index contributed by atoms with van der Waals surface area (Å²) in [6.45, 7) is 5.89. The van der Waals surface area contributed by atoms with E-state index in [9.17, 15) is 4.79 Å². The van der Waals surface area contributed by atoms with Gasteiger partial charge in [-0.15, -0.1) is 23.1 Å². The van der Waals surface area contributed by atoms with E-state index in [0.717, 1.165) is 46.9 Å². The Morgan fingerprint density at radius 1 is 1.15 bits per heavy atom. The van der Waals surface area contributed by atoms with Gasteiger partial charge < -0.3 is 4.90 Å². The molecule has 0 unspecified atom stereocenters. The van der Waals surface area contributed by atoms with Crippen LogP contribution in [0.3, 0.4) is 0 Å². The first-order chi connectivity index (χ1) is 13.1. The summed E-state index contributed by atoms with van der Waals surface area (Å²) in [5.41, 5.74) is 4.03. The molecule has 0 spiro atoms. The van der Waals surface area contributed by atoms with E-state index >= 15 is 0 Å². The van der Waals surface area contributed by atoms with Crippen molar-refractivity contribution in [3.63, 3.8) is 0 Å². The SMILES string of the molecule is Cc1sc2ncnc(SCCC(=O)N3CCc4ccccc4CC3)c2c1C. The van der Waals surface area contributed by atoms with Crippen LogP contribution in [0.1, 0.15) is 28.0 Å². The van der Waals surface area contributed by atoms with Gasteiger partial charge in [0.05, 0.1) is 0 Å². The molecule has 1 aromatic carbocycles. The molecule has 0 bridgehead atoms. The fourth-order valence-electron chi connectivity index (χ4n) is 3.57. The van der Waals surface area contributed by atoms with Crippen molar-refractivity contribution in [2.75, 3.05) is 18.8 Å². The number of carbonyl (C=O) groups is 1. The van der Waals surface area contributed by atoms with Crippen molar-refractivity contribution in [2.45, 2.75) is 38.1 Å². The van der Waals surface area contributed by atoms with Crippen LogP contribution in [0.4, 0.5) is 0 Å². The lowest BCUT2D eigenvalue weighted by molar-refractivity contribution is -0.130. The number of hydrogen-bond acceptors (Lipinski definition) is 5. The van der Waals surface area contributed by atoms with E-state index in [1.54, 1.807) is 29.4 Å². The highest BCUT2D eigenvalue weighted by Gasteiger charge is 2.19. The molecule has 2 aromatic heterocycles. The Labute approximate surface area is 168 Å². The van der Waals surface area contributed by atoms with Crippen molar-refractivity contribution >= 4 is 39.2 Å². The van der Waals surface area contributed by atoms with Crippen molar-refractivity contribution in [2.24, 2.45) is 0 Å². The van der Waals surface area contributed by atoms with Crippen molar-refractivity contribution in [3.8, 4) is 0 Å². The third-order valence-corrected chi connectivity index (χ3v) is 7.36. The van der Waals surface area contributed by atoms with Gasteiger partial charge in [0.2, 0.25) is 5.91 Å². The van der Waals surface area contributed by atoms with Gasteiger partial charge in [-0.3, -0.25) is 4.79 Å². The predicted molar refractivity (Wildman–Crippen MR) is 113 cm³/mol. The summed E-state index contributed by atoms with van der Waals surface area (Å²) < 4.78 is 0. The second kappa shape index (κ2) is 7.98. The second-order valence-electron chi connectivity index (χ2n) is 6.89. The highest BCUT2D eigenvalue weighted by Crippen LogP contribution is 2.34. The van der Waals surface area contributed by atoms with Gasteiger partial charge in [0.15, 0.2) is 0 Å². The summed E-state index contributed by atoms with van der Waals surface area (Å²) in [5.74, 6) is 1.00. The Bertz CT molecular complexity index is 956. The van der Waals surface area contributed by atoms with Crippen molar-refractivity contribution in [1.29, 1.82) is 0 Å². The Kier molecular flexibility index (Phi) is 5.45. The number of fused-ring (bicyclic) bond motifs is 2. The lowest BCUT2D eigenvalue weighted by atomic mass is 10.0. The van der Waals surface area contributed by atoms with E-state index in [1.165, 1.54) is 21.6 Å². The van der Waals surface area contributed by atoms with E-state index < -0.39 is 0 Å². The second-order valence-corrected chi connectivity index (χ2v) is 9.18. The summed E-state index contributed by atoms with van der Waals surface area (Å²) in [4.78, 5) is 25.9. The van der Waals surface area contributed by atoms with Gasteiger partial charge >= 0.3 is 0 Å². The molecule has 0 fully saturated rings. The number of carbonyl (C=O) groups excluding carboxylic acids is 1. The van der Waals surface area contributed by atoms with Crippen LogP contribution in [0.5, 0.6) is 0 Å². The van der Waals surface area contributed by atoms with Crippen LogP contribution in [0, 0.1) is 13.8 Å². The lowest BCUT2D eigenvalue weighted by Gasteiger charge is -2.20. The zero-order valence-electron chi connectivity index (χ0n) is 15.7. The van der Waals surface area contributed by atoms with Gasteiger partial charge in [0, 0.05) is 35.5 Å². The Balaban J connectivity index is 1.37. The van der Waals surface area contributed by atoms with Crippen molar-refractivity contribution in [3.05, 3.63) is 52.2 Å². The minimum Gasteiger partial charge on any atom is -0.342 e. The smallest absolute Gasteiger partial charge is 0.223 e. The molecule has 140 valence electrons. The molecule has 0 radical (unpaired) electrons. The third kappa shape index (κ3) is 3.87. The third-order valence-electron chi connectivity index (χ3n) is 5.26. The number of benzene rings is 1. The van der Waals surface area contributed by atoms with E-state index in [1.807, 2.05) is 4.90 Å². The van der Waals surface area contributed by atoms with Crippen LogP contribution in [0.2, 0.25) is 0 Å². The molecule has 27 heavy (non-hydrogen) atoms. The topological polar surface area (TPSA) is 46.1 Å². The molecule has 0 saturated heterocycles. The fraction of sp³-hybridized carbons (Fsp3) is 0.381. The maximum atomic E-state index is 12.7. The van der Waals surface area contributed by atoms with Crippen LogP contribution in [0.15, 0.2) is 35.6 Å². The summed E-state index contributed by atoms with van der Waals surface area (Å²) in [7, 11) is 0. The number of hydrogen-bond donors (Lipinski definition) is 0. The van der Waals surface area contributed by atoms with Crippen LogP contribution in [-0.2, 0) is 17.6 Å². The first-order valence-corrected chi connectivity index (χ1v) is 11.1. The highest BCUT2D eigenvalue weighted by atomic mass is 32.2. The number of rotatable bonds is 4. The molecule has 0 atom stereocenters. The lowest BCUT2D eigenvalue weighted by Crippen LogP contribution is -2.33. The zero-order valence-corrected chi connectivity index (χ0v) is 17.3. The van der Waals surface area contributed by atoms with Crippen LogP contribution in [-0.4, -0.2) is 39.6 Å². The number of aryl methyl sites for hydroxylation is 2. The predicted octanol–water partition coefficient (Wildman–Crippen LogP) is 4.42. The van der Waals surface area contributed by atoms with E-state index in [0.29, 0.717) is 6.42 Å². The highest BCUT2D eigenvalue weighted by molar-refractivity contribution is 7.99. The Hall–Kier alpha value is -1.92. The maximum absolute atomic E-state index is 12.7. The number of amides is 1. The maximum Gasteiger partial charge on any atom is 0.223 e. The monoisotopic (exact) mass is 397 g/mol. The van der Waals surface area contributed by atoms with Gasteiger partial charge in [-0.05, 0) is 43.4 Å². The van der Waals surface area contributed by atoms with Gasteiger partial charge in [-0.25, -0.2) is 9.97 Å².